The molecule has 0 saturated carbocycles. The SMILES string of the molecule is O=C1CCCC2=C1C(c1ccc3nonc3c1)C1=C(COC1=O)N2. The smallest absolute Gasteiger partial charge is 0.337 e. The standard InChI is InChI=1S/C17H13N3O4/c21-13-3-1-2-10-15(13)14(16-12(18-10)7-23-17(16)22)8-4-5-9-11(6-8)20-24-19-9/h4-6,14,18H,1-3,7H2. The Hall–Kier alpha value is -2.96. The molecule has 0 fully saturated rings. The second-order valence-electron chi connectivity index (χ2n) is 6.21. The minimum atomic E-state index is -0.417. The highest BCUT2D eigenvalue weighted by atomic mass is 16.6. The number of carbonyl (C=O) groups excluding carboxylic acids is 2. The van der Waals surface area contributed by atoms with Crippen molar-refractivity contribution in [3.63, 3.8) is 0 Å². The van der Waals surface area contributed by atoms with Crippen LogP contribution in [0.4, 0.5) is 0 Å². The molecule has 1 unspecified atom stereocenters. The van der Waals surface area contributed by atoms with E-state index in [0.29, 0.717) is 28.6 Å². The molecule has 1 atom stereocenters. The lowest BCUT2D eigenvalue weighted by Gasteiger charge is -2.31. The van der Waals surface area contributed by atoms with Gasteiger partial charge in [-0.05, 0) is 40.9 Å². The zero-order chi connectivity index (χ0) is 16.3. The second-order valence-corrected chi connectivity index (χ2v) is 6.21. The minimum absolute atomic E-state index is 0.0818. The van der Waals surface area contributed by atoms with Crippen molar-refractivity contribution < 1.29 is 19.0 Å². The maximum Gasteiger partial charge on any atom is 0.337 e. The van der Waals surface area contributed by atoms with Crippen LogP contribution in [0.3, 0.4) is 0 Å². The molecule has 1 aliphatic carbocycles. The van der Waals surface area contributed by atoms with Crippen molar-refractivity contribution in [3.8, 4) is 0 Å². The summed E-state index contributed by atoms with van der Waals surface area (Å²) >= 11 is 0. The Morgan fingerprint density at radius 3 is 2.83 bits per heavy atom. The molecule has 7 heteroatoms. The molecule has 3 heterocycles. The number of benzene rings is 1. The largest absolute Gasteiger partial charge is 0.456 e. The molecule has 0 saturated heterocycles. The quantitative estimate of drug-likeness (QED) is 0.799. The van der Waals surface area contributed by atoms with Crippen molar-refractivity contribution in [2.24, 2.45) is 0 Å². The number of hydrogen-bond acceptors (Lipinski definition) is 7. The topological polar surface area (TPSA) is 94.3 Å². The lowest BCUT2D eigenvalue weighted by Crippen LogP contribution is -2.32. The lowest BCUT2D eigenvalue weighted by atomic mass is 9.75. The first kappa shape index (κ1) is 13.5. The van der Waals surface area contributed by atoms with E-state index in [9.17, 15) is 9.59 Å². The summed E-state index contributed by atoms with van der Waals surface area (Å²) in [7, 11) is 0. The number of ether oxygens (including phenoxy) is 1. The third-order valence-electron chi connectivity index (χ3n) is 4.84. The monoisotopic (exact) mass is 323 g/mol. The number of esters is 1. The number of nitrogens with zero attached hydrogens (tertiary/aromatic N) is 2. The molecule has 7 nitrogen and oxygen atoms in total. The molecule has 0 radical (unpaired) electrons. The predicted molar refractivity (Wildman–Crippen MR) is 81.5 cm³/mol. The van der Waals surface area contributed by atoms with Gasteiger partial charge in [-0.25, -0.2) is 9.42 Å². The van der Waals surface area contributed by atoms with E-state index in [2.05, 4.69) is 15.6 Å². The first-order valence-electron chi connectivity index (χ1n) is 7.88. The Kier molecular flexibility index (Phi) is 2.68. The summed E-state index contributed by atoms with van der Waals surface area (Å²) in [5, 5.41) is 10.9. The number of cyclic esters (lactones) is 1. The van der Waals surface area contributed by atoms with Crippen LogP contribution in [-0.4, -0.2) is 28.7 Å². The number of allylic oxidation sites excluding steroid dienone is 2. The van der Waals surface area contributed by atoms with Crippen LogP contribution >= 0.6 is 0 Å². The number of hydrogen-bond donors (Lipinski definition) is 1. The van der Waals surface area contributed by atoms with E-state index in [1.165, 1.54) is 0 Å². The molecule has 3 aliphatic rings. The first-order valence-corrected chi connectivity index (χ1v) is 7.88. The summed E-state index contributed by atoms with van der Waals surface area (Å²) in [5.74, 6) is -0.704. The summed E-state index contributed by atoms with van der Waals surface area (Å²) in [6.07, 6.45) is 2.12. The van der Waals surface area contributed by atoms with Crippen molar-refractivity contribution in [3.05, 3.63) is 46.3 Å². The normalized spacial score (nSPS) is 23.2. The Morgan fingerprint density at radius 1 is 1.04 bits per heavy atom. The summed E-state index contributed by atoms with van der Waals surface area (Å²) < 4.78 is 9.95. The van der Waals surface area contributed by atoms with Crippen molar-refractivity contribution in [1.29, 1.82) is 0 Å². The van der Waals surface area contributed by atoms with Gasteiger partial charge in [0, 0.05) is 23.6 Å². The average Bonchev–Trinajstić information content (AvgIpc) is 3.19. The van der Waals surface area contributed by atoms with E-state index in [1.54, 1.807) is 6.07 Å². The Morgan fingerprint density at radius 2 is 1.92 bits per heavy atom. The Balaban J connectivity index is 1.73. The van der Waals surface area contributed by atoms with Crippen LogP contribution in [0, 0.1) is 0 Å². The van der Waals surface area contributed by atoms with E-state index in [-0.39, 0.29) is 18.4 Å². The summed E-state index contributed by atoms with van der Waals surface area (Å²) in [5.41, 5.74) is 4.94. The van der Waals surface area contributed by atoms with Crippen LogP contribution in [0.2, 0.25) is 0 Å². The van der Waals surface area contributed by atoms with Gasteiger partial charge >= 0.3 is 5.97 Å². The van der Waals surface area contributed by atoms with Gasteiger partial charge in [-0.1, -0.05) is 6.07 Å². The number of fused-ring (bicyclic) bond motifs is 1. The van der Waals surface area contributed by atoms with Gasteiger partial charge in [-0.15, -0.1) is 0 Å². The highest BCUT2D eigenvalue weighted by molar-refractivity contribution is 6.04. The highest BCUT2D eigenvalue weighted by Gasteiger charge is 2.42. The van der Waals surface area contributed by atoms with Gasteiger partial charge in [0.2, 0.25) is 0 Å². The molecule has 5 rings (SSSR count). The number of Topliss-reactive ketones (excluding diaryl/α,β-unsaturated/α-hetero) is 1. The fraction of sp³-hybridized carbons (Fsp3) is 0.294. The van der Waals surface area contributed by atoms with Gasteiger partial charge in [0.15, 0.2) is 5.78 Å². The molecule has 0 spiro atoms. The van der Waals surface area contributed by atoms with Crippen molar-refractivity contribution in [2.45, 2.75) is 25.2 Å². The lowest BCUT2D eigenvalue weighted by molar-refractivity contribution is -0.136. The van der Waals surface area contributed by atoms with Crippen molar-refractivity contribution in [1.82, 2.24) is 15.6 Å². The molecule has 2 aliphatic heterocycles. The number of ketones is 1. The Bertz CT molecular complexity index is 969. The van der Waals surface area contributed by atoms with Crippen LogP contribution in [0.25, 0.3) is 11.0 Å². The number of rotatable bonds is 1. The van der Waals surface area contributed by atoms with Crippen LogP contribution in [0.5, 0.6) is 0 Å². The zero-order valence-electron chi connectivity index (χ0n) is 12.7. The van der Waals surface area contributed by atoms with Crippen LogP contribution in [0.1, 0.15) is 30.7 Å². The molecule has 120 valence electrons. The molecule has 24 heavy (non-hydrogen) atoms. The molecular weight excluding hydrogens is 310 g/mol. The zero-order valence-corrected chi connectivity index (χ0v) is 12.7. The fourth-order valence-corrected chi connectivity index (χ4v) is 3.78. The van der Waals surface area contributed by atoms with E-state index < -0.39 is 5.92 Å². The summed E-state index contributed by atoms with van der Waals surface area (Å²) in [6, 6.07) is 5.48. The van der Waals surface area contributed by atoms with Gasteiger partial charge in [-0.2, -0.15) is 0 Å². The van der Waals surface area contributed by atoms with Gasteiger partial charge in [0.05, 0.1) is 11.3 Å². The maximum atomic E-state index is 12.6. The molecular formula is C17H13N3O4. The number of aromatic nitrogens is 2. The molecule has 1 N–H and O–H groups in total. The van der Waals surface area contributed by atoms with Crippen molar-refractivity contribution >= 4 is 22.8 Å². The van der Waals surface area contributed by atoms with Crippen LogP contribution in [-0.2, 0) is 14.3 Å². The molecule has 2 aromatic rings. The van der Waals surface area contributed by atoms with Crippen molar-refractivity contribution in [2.75, 3.05) is 6.61 Å². The molecule has 1 aromatic heterocycles. The maximum absolute atomic E-state index is 12.6. The third kappa shape index (κ3) is 1.78. The van der Waals surface area contributed by atoms with Crippen LogP contribution in [0.15, 0.2) is 45.4 Å². The van der Waals surface area contributed by atoms with Gasteiger partial charge in [0.25, 0.3) is 0 Å². The molecule has 0 bridgehead atoms. The minimum Gasteiger partial charge on any atom is -0.456 e. The average molecular weight is 323 g/mol. The van der Waals surface area contributed by atoms with E-state index >= 15 is 0 Å². The van der Waals surface area contributed by atoms with E-state index in [1.807, 2.05) is 12.1 Å². The van der Waals surface area contributed by atoms with E-state index in [4.69, 9.17) is 9.37 Å². The Labute approximate surface area is 136 Å². The predicted octanol–water partition coefficient (Wildman–Crippen LogP) is 1.73. The van der Waals surface area contributed by atoms with E-state index in [0.717, 1.165) is 29.8 Å². The van der Waals surface area contributed by atoms with Crippen LogP contribution < -0.4 is 5.32 Å². The van der Waals surface area contributed by atoms with Gasteiger partial charge in [0.1, 0.15) is 17.6 Å². The first-order chi connectivity index (χ1) is 11.7. The number of nitrogens with one attached hydrogen (secondary N) is 1. The highest BCUT2D eigenvalue weighted by Crippen LogP contribution is 2.44. The number of dihydropyridines is 1. The molecule has 0 amide bonds. The second kappa shape index (κ2) is 4.77. The third-order valence-corrected chi connectivity index (χ3v) is 4.84. The van der Waals surface area contributed by atoms with Gasteiger partial charge in [-0.3, -0.25) is 4.79 Å². The summed E-state index contributed by atoms with van der Waals surface area (Å²) in [4.78, 5) is 24.9. The fourth-order valence-electron chi connectivity index (χ4n) is 3.78. The summed E-state index contributed by atoms with van der Waals surface area (Å²) in [6.45, 7) is 0.226. The van der Waals surface area contributed by atoms with Gasteiger partial charge < -0.3 is 10.1 Å². The molecule has 1 aromatic carbocycles. The number of carbonyl (C=O) groups is 2.